The molecule has 2 nitrogen and oxygen atoms in total. The summed E-state index contributed by atoms with van der Waals surface area (Å²) >= 11 is 3.28. The highest BCUT2D eigenvalue weighted by Crippen LogP contribution is 2.28. The number of hydrogen-bond acceptors (Lipinski definition) is 1. The van der Waals surface area contributed by atoms with E-state index in [0.29, 0.717) is 11.8 Å². The van der Waals surface area contributed by atoms with Gasteiger partial charge in [-0.15, -0.1) is 0 Å². The summed E-state index contributed by atoms with van der Waals surface area (Å²) in [4.78, 5) is 13.4. The first kappa shape index (κ1) is 10.0. The molecule has 1 aliphatic heterocycles. The van der Waals surface area contributed by atoms with Gasteiger partial charge >= 0.3 is 0 Å². The highest BCUT2D eigenvalue weighted by Gasteiger charge is 2.31. The van der Waals surface area contributed by atoms with E-state index in [1.54, 1.807) is 0 Å². The molecule has 1 aliphatic rings. The van der Waals surface area contributed by atoms with Crippen molar-refractivity contribution in [2.24, 2.45) is 5.41 Å². The van der Waals surface area contributed by atoms with Crippen LogP contribution in [0.15, 0.2) is 0 Å². The second kappa shape index (κ2) is 3.77. The van der Waals surface area contributed by atoms with Crippen LogP contribution >= 0.6 is 15.9 Å². The lowest BCUT2D eigenvalue weighted by atomic mass is 9.93. The lowest BCUT2D eigenvalue weighted by Crippen LogP contribution is -2.30. The zero-order chi connectivity index (χ0) is 9.19. The molecule has 12 heavy (non-hydrogen) atoms. The zero-order valence-corrected chi connectivity index (χ0v) is 9.35. The summed E-state index contributed by atoms with van der Waals surface area (Å²) in [5, 5.41) is 0.781. The summed E-state index contributed by atoms with van der Waals surface area (Å²) in [5.41, 5.74) is 0.335. The summed E-state index contributed by atoms with van der Waals surface area (Å²) in [7, 11) is 0. The van der Waals surface area contributed by atoms with Crippen molar-refractivity contribution in [1.29, 1.82) is 0 Å². The number of carbonyl (C=O) groups excluding carboxylic acids is 1. The van der Waals surface area contributed by atoms with Crippen LogP contribution in [0.2, 0.25) is 0 Å². The van der Waals surface area contributed by atoms with Gasteiger partial charge < -0.3 is 4.90 Å². The molecule has 1 rings (SSSR count). The van der Waals surface area contributed by atoms with Gasteiger partial charge in [0.2, 0.25) is 5.91 Å². The maximum Gasteiger partial charge on any atom is 0.223 e. The molecule has 70 valence electrons. The Balaban J connectivity index is 2.41. The summed E-state index contributed by atoms with van der Waals surface area (Å²) in [6, 6.07) is 0. The monoisotopic (exact) mass is 233 g/mol. The molecule has 0 aromatic carbocycles. The lowest BCUT2D eigenvalue weighted by Gasteiger charge is -2.19. The molecule has 3 heteroatoms. The van der Waals surface area contributed by atoms with E-state index in [9.17, 15) is 4.79 Å². The average Bonchev–Trinajstić information content (AvgIpc) is 2.31. The Morgan fingerprint density at radius 3 is 2.67 bits per heavy atom. The fourth-order valence-corrected chi connectivity index (χ4v) is 1.90. The van der Waals surface area contributed by atoms with Gasteiger partial charge in [0.15, 0.2) is 0 Å². The molecule has 0 aliphatic carbocycles. The van der Waals surface area contributed by atoms with Crippen molar-refractivity contribution in [1.82, 2.24) is 4.90 Å². The van der Waals surface area contributed by atoms with Crippen LogP contribution < -0.4 is 0 Å². The summed E-state index contributed by atoms with van der Waals surface area (Å²) in [5.74, 6) is 0.289. The van der Waals surface area contributed by atoms with Crippen LogP contribution in [0.3, 0.4) is 0 Å². The van der Waals surface area contributed by atoms with Crippen LogP contribution in [0.5, 0.6) is 0 Å². The van der Waals surface area contributed by atoms with Crippen LogP contribution in [0.1, 0.15) is 26.7 Å². The molecule has 0 N–H and O–H groups in total. The minimum atomic E-state index is 0.289. The maximum atomic E-state index is 11.4. The fraction of sp³-hybridized carbons (Fsp3) is 0.889. The Morgan fingerprint density at radius 2 is 2.25 bits per heavy atom. The first-order chi connectivity index (χ1) is 5.55. The predicted molar refractivity (Wildman–Crippen MR) is 53.4 cm³/mol. The molecule has 1 saturated heterocycles. The topological polar surface area (TPSA) is 20.3 Å². The van der Waals surface area contributed by atoms with Gasteiger partial charge in [-0.05, 0) is 11.8 Å². The molecule has 0 bridgehead atoms. The minimum absolute atomic E-state index is 0.289. The molecule has 1 amide bonds. The van der Waals surface area contributed by atoms with E-state index in [1.165, 1.54) is 0 Å². The minimum Gasteiger partial charge on any atom is -0.342 e. The number of carbonyl (C=O) groups is 1. The third kappa shape index (κ3) is 2.47. The first-order valence-corrected chi connectivity index (χ1v) is 5.51. The SMILES string of the molecule is CC1(C)CCN(C(=O)CCBr)C1. The quantitative estimate of drug-likeness (QED) is 0.669. The second-order valence-electron chi connectivity index (χ2n) is 4.17. The summed E-state index contributed by atoms with van der Waals surface area (Å²) < 4.78 is 0. The fourth-order valence-electron chi connectivity index (χ4n) is 1.56. The van der Waals surface area contributed by atoms with E-state index in [2.05, 4.69) is 29.8 Å². The van der Waals surface area contributed by atoms with Crippen LogP contribution in [-0.4, -0.2) is 29.2 Å². The molecule has 1 heterocycles. The number of rotatable bonds is 2. The molecule has 0 saturated carbocycles. The third-order valence-electron chi connectivity index (χ3n) is 2.34. The van der Waals surface area contributed by atoms with E-state index in [1.807, 2.05) is 4.90 Å². The highest BCUT2D eigenvalue weighted by atomic mass is 79.9. The smallest absolute Gasteiger partial charge is 0.223 e. The van der Waals surface area contributed by atoms with E-state index in [-0.39, 0.29) is 5.91 Å². The Hall–Kier alpha value is -0.0500. The molecular formula is C9H16BrNO. The van der Waals surface area contributed by atoms with Gasteiger partial charge in [0, 0.05) is 24.8 Å². The zero-order valence-electron chi connectivity index (χ0n) is 7.77. The van der Waals surface area contributed by atoms with Gasteiger partial charge in [0.05, 0.1) is 0 Å². The molecule has 0 spiro atoms. The molecule has 0 radical (unpaired) electrons. The van der Waals surface area contributed by atoms with Crippen molar-refractivity contribution in [2.75, 3.05) is 18.4 Å². The van der Waals surface area contributed by atoms with Crippen molar-refractivity contribution < 1.29 is 4.79 Å². The lowest BCUT2D eigenvalue weighted by molar-refractivity contribution is -0.130. The average molecular weight is 234 g/mol. The number of likely N-dealkylation sites (tertiary alicyclic amines) is 1. The molecule has 0 aromatic heterocycles. The van der Waals surface area contributed by atoms with Crippen LogP contribution in [-0.2, 0) is 4.79 Å². The Labute approximate surface area is 82.4 Å². The molecule has 0 aromatic rings. The number of alkyl halides is 1. The Morgan fingerprint density at radius 1 is 1.58 bits per heavy atom. The van der Waals surface area contributed by atoms with Gasteiger partial charge in [-0.1, -0.05) is 29.8 Å². The van der Waals surface area contributed by atoms with Crippen LogP contribution in [0.4, 0.5) is 0 Å². The van der Waals surface area contributed by atoms with Crippen molar-refractivity contribution in [3.05, 3.63) is 0 Å². The highest BCUT2D eigenvalue weighted by molar-refractivity contribution is 9.09. The van der Waals surface area contributed by atoms with Gasteiger partial charge in [-0.25, -0.2) is 0 Å². The van der Waals surface area contributed by atoms with Crippen LogP contribution in [0, 0.1) is 5.41 Å². The van der Waals surface area contributed by atoms with Crippen molar-refractivity contribution in [2.45, 2.75) is 26.7 Å². The van der Waals surface area contributed by atoms with Crippen molar-refractivity contribution in [3.63, 3.8) is 0 Å². The first-order valence-electron chi connectivity index (χ1n) is 4.39. The van der Waals surface area contributed by atoms with E-state index in [0.717, 1.165) is 24.8 Å². The number of nitrogens with zero attached hydrogens (tertiary/aromatic N) is 1. The van der Waals surface area contributed by atoms with Crippen molar-refractivity contribution in [3.8, 4) is 0 Å². The Kier molecular flexibility index (Phi) is 3.16. The normalized spacial score (nSPS) is 21.4. The Bertz CT molecular complexity index is 179. The van der Waals surface area contributed by atoms with Gasteiger partial charge in [-0.3, -0.25) is 4.79 Å². The van der Waals surface area contributed by atoms with Crippen molar-refractivity contribution >= 4 is 21.8 Å². The third-order valence-corrected chi connectivity index (χ3v) is 2.73. The molecular weight excluding hydrogens is 218 g/mol. The van der Waals surface area contributed by atoms with Gasteiger partial charge in [0.25, 0.3) is 0 Å². The molecule has 0 unspecified atom stereocenters. The van der Waals surface area contributed by atoms with Gasteiger partial charge in [0.1, 0.15) is 0 Å². The van der Waals surface area contributed by atoms with E-state index >= 15 is 0 Å². The molecule has 1 fully saturated rings. The maximum absolute atomic E-state index is 11.4. The van der Waals surface area contributed by atoms with Gasteiger partial charge in [-0.2, -0.15) is 0 Å². The molecule has 0 atom stereocenters. The van der Waals surface area contributed by atoms with E-state index < -0.39 is 0 Å². The largest absolute Gasteiger partial charge is 0.342 e. The second-order valence-corrected chi connectivity index (χ2v) is 4.96. The summed E-state index contributed by atoms with van der Waals surface area (Å²) in [6.45, 7) is 6.31. The van der Waals surface area contributed by atoms with E-state index in [4.69, 9.17) is 0 Å². The van der Waals surface area contributed by atoms with Crippen LogP contribution in [0.25, 0.3) is 0 Å². The number of amides is 1. The predicted octanol–water partition coefficient (Wildman–Crippen LogP) is 2.03. The number of hydrogen-bond donors (Lipinski definition) is 0. The summed E-state index contributed by atoms with van der Waals surface area (Å²) in [6.07, 6.45) is 1.77. The standard InChI is InChI=1S/C9H16BrNO/c1-9(2)4-6-11(7-9)8(12)3-5-10/h3-7H2,1-2H3. The number of halogens is 1.